The number of carbonyl (C=O) groups is 1. The third-order valence-corrected chi connectivity index (χ3v) is 7.85. The van der Waals surface area contributed by atoms with Gasteiger partial charge in [0, 0.05) is 19.1 Å². The number of hydrogen-bond acceptors (Lipinski definition) is 4. The molecule has 23 heavy (non-hydrogen) atoms. The minimum Gasteiger partial charge on any atom is -0.349 e. The fourth-order valence-electron chi connectivity index (χ4n) is 3.39. The highest BCUT2D eigenvalue weighted by Crippen LogP contribution is 2.29. The monoisotopic (exact) mass is 356 g/mol. The van der Waals surface area contributed by atoms with Gasteiger partial charge in [-0.1, -0.05) is 6.92 Å². The van der Waals surface area contributed by atoms with Crippen molar-refractivity contribution in [3.05, 3.63) is 16.3 Å². The number of nitrogens with one attached hydrogen (secondary N) is 1. The van der Waals surface area contributed by atoms with Crippen LogP contribution in [0.25, 0.3) is 0 Å². The third-order valence-electron chi connectivity index (χ3n) is 4.87. The van der Waals surface area contributed by atoms with E-state index in [0.717, 1.165) is 44.4 Å². The standard InChI is InChI=1S/C16H24N2O3S2/c1-12-4-6-13(7-5-12)17-16(19)15-14(8-11-22-15)23(20,21)18-9-2-3-10-18/h8,11-13H,2-7,9-10H2,1H3,(H,17,19). The van der Waals surface area contributed by atoms with Gasteiger partial charge < -0.3 is 5.32 Å². The lowest BCUT2D eigenvalue weighted by atomic mass is 9.87. The first kappa shape index (κ1) is 16.9. The first-order valence-corrected chi connectivity index (χ1v) is 10.7. The van der Waals surface area contributed by atoms with Gasteiger partial charge in [-0.05, 0) is 55.9 Å². The van der Waals surface area contributed by atoms with Gasteiger partial charge in [0.15, 0.2) is 0 Å². The quantitative estimate of drug-likeness (QED) is 0.902. The molecule has 3 rings (SSSR count). The molecule has 5 nitrogen and oxygen atoms in total. The highest BCUT2D eigenvalue weighted by Gasteiger charge is 2.32. The van der Waals surface area contributed by atoms with Gasteiger partial charge in [0.2, 0.25) is 10.0 Å². The van der Waals surface area contributed by atoms with E-state index in [4.69, 9.17) is 0 Å². The van der Waals surface area contributed by atoms with Crippen LogP contribution in [-0.4, -0.2) is 37.8 Å². The first-order valence-electron chi connectivity index (χ1n) is 8.37. The van der Waals surface area contributed by atoms with E-state index in [2.05, 4.69) is 12.2 Å². The molecule has 1 aromatic heterocycles. The molecule has 1 N–H and O–H groups in total. The SMILES string of the molecule is CC1CCC(NC(=O)c2sccc2S(=O)(=O)N2CCCC2)CC1. The minimum absolute atomic E-state index is 0.170. The molecule has 128 valence electrons. The van der Waals surface area contributed by atoms with Crippen LogP contribution in [0.4, 0.5) is 0 Å². The van der Waals surface area contributed by atoms with Gasteiger partial charge in [0.25, 0.3) is 5.91 Å². The summed E-state index contributed by atoms with van der Waals surface area (Å²) in [6.07, 6.45) is 5.98. The molecular weight excluding hydrogens is 332 g/mol. The summed E-state index contributed by atoms with van der Waals surface area (Å²) in [7, 11) is -3.54. The van der Waals surface area contributed by atoms with Gasteiger partial charge in [0.1, 0.15) is 9.77 Å². The Labute approximate surface area is 142 Å². The molecule has 1 aromatic rings. The van der Waals surface area contributed by atoms with Crippen molar-refractivity contribution >= 4 is 27.3 Å². The first-order chi connectivity index (χ1) is 11.0. The highest BCUT2D eigenvalue weighted by molar-refractivity contribution is 7.89. The number of carbonyl (C=O) groups excluding carboxylic acids is 1. The van der Waals surface area contributed by atoms with E-state index >= 15 is 0 Å². The highest BCUT2D eigenvalue weighted by atomic mass is 32.2. The summed E-state index contributed by atoms with van der Waals surface area (Å²) in [5.41, 5.74) is 0. The zero-order chi connectivity index (χ0) is 16.4. The molecule has 0 radical (unpaired) electrons. The van der Waals surface area contributed by atoms with Crippen LogP contribution in [0.5, 0.6) is 0 Å². The molecule has 7 heteroatoms. The maximum Gasteiger partial charge on any atom is 0.262 e. The topological polar surface area (TPSA) is 66.5 Å². The van der Waals surface area contributed by atoms with Crippen molar-refractivity contribution < 1.29 is 13.2 Å². The van der Waals surface area contributed by atoms with Gasteiger partial charge >= 0.3 is 0 Å². The maximum absolute atomic E-state index is 12.7. The average molecular weight is 357 g/mol. The summed E-state index contributed by atoms with van der Waals surface area (Å²) < 4.78 is 26.9. The van der Waals surface area contributed by atoms with Gasteiger partial charge in [-0.3, -0.25) is 4.79 Å². The zero-order valence-electron chi connectivity index (χ0n) is 13.5. The van der Waals surface area contributed by atoms with Crippen molar-refractivity contribution in [3.8, 4) is 0 Å². The lowest BCUT2D eigenvalue weighted by Gasteiger charge is -2.27. The Bertz CT molecular complexity index is 655. The molecular formula is C16H24N2O3S2. The molecule has 1 aliphatic heterocycles. The van der Waals surface area contributed by atoms with Crippen LogP contribution in [0.1, 0.15) is 55.1 Å². The lowest BCUT2D eigenvalue weighted by Crippen LogP contribution is -2.38. The van der Waals surface area contributed by atoms with E-state index in [-0.39, 0.29) is 16.8 Å². The van der Waals surface area contributed by atoms with E-state index in [1.807, 2.05) is 0 Å². The Morgan fingerprint density at radius 1 is 1.22 bits per heavy atom. The van der Waals surface area contributed by atoms with Gasteiger partial charge in [-0.2, -0.15) is 4.31 Å². The van der Waals surface area contributed by atoms with Gasteiger partial charge in [0.05, 0.1) is 0 Å². The molecule has 2 heterocycles. The minimum atomic E-state index is -3.54. The maximum atomic E-state index is 12.7. The van der Waals surface area contributed by atoms with Crippen molar-refractivity contribution in [2.24, 2.45) is 5.92 Å². The summed E-state index contributed by atoms with van der Waals surface area (Å²) >= 11 is 1.21. The van der Waals surface area contributed by atoms with Gasteiger partial charge in [-0.25, -0.2) is 8.42 Å². The van der Waals surface area contributed by atoms with E-state index in [1.165, 1.54) is 15.6 Å². The second kappa shape index (κ2) is 6.91. The van der Waals surface area contributed by atoms with Crippen LogP contribution >= 0.6 is 11.3 Å². The molecule has 2 fully saturated rings. The van der Waals surface area contributed by atoms with Crippen molar-refractivity contribution in [2.45, 2.75) is 56.4 Å². The number of nitrogens with zero attached hydrogens (tertiary/aromatic N) is 1. The van der Waals surface area contributed by atoms with E-state index in [1.54, 1.807) is 11.4 Å². The zero-order valence-corrected chi connectivity index (χ0v) is 15.1. The Morgan fingerprint density at radius 3 is 2.52 bits per heavy atom. The van der Waals surface area contributed by atoms with E-state index in [0.29, 0.717) is 18.0 Å². The van der Waals surface area contributed by atoms with Crippen LogP contribution in [0.15, 0.2) is 16.3 Å². The van der Waals surface area contributed by atoms with Gasteiger partial charge in [-0.15, -0.1) is 11.3 Å². The summed E-state index contributed by atoms with van der Waals surface area (Å²) in [6.45, 7) is 3.34. The molecule has 0 spiro atoms. The van der Waals surface area contributed by atoms with Crippen LogP contribution in [-0.2, 0) is 10.0 Å². The number of sulfonamides is 1. The summed E-state index contributed by atoms with van der Waals surface area (Å²) in [5.74, 6) is 0.480. The largest absolute Gasteiger partial charge is 0.349 e. The Kier molecular flexibility index (Phi) is 5.08. The second-order valence-corrected chi connectivity index (χ2v) is 9.48. The Morgan fingerprint density at radius 2 is 1.87 bits per heavy atom. The molecule has 1 saturated carbocycles. The predicted molar refractivity (Wildman–Crippen MR) is 91.2 cm³/mol. The molecule has 0 atom stereocenters. The Balaban J connectivity index is 1.74. The number of rotatable bonds is 4. The van der Waals surface area contributed by atoms with Crippen LogP contribution in [0.2, 0.25) is 0 Å². The number of hydrogen-bond donors (Lipinski definition) is 1. The summed E-state index contributed by atoms with van der Waals surface area (Å²) in [6, 6.07) is 1.74. The van der Waals surface area contributed by atoms with E-state index < -0.39 is 10.0 Å². The molecule has 2 aliphatic rings. The van der Waals surface area contributed by atoms with Crippen LogP contribution < -0.4 is 5.32 Å². The van der Waals surface area contributed by atoms with Crippen molar-refractivity contribution in [3.63, 3.8) is 0 Å². The Hall–Kier alpha value is -0.920. The van der Waals surface area contributed by atoms with E-state index in [9.17, 15) is 13.2 Å². The summed E-state index contributed by atoms with van der Waals surface area (Å²) in [5, 5.41) is 4.73. The molecule has 1 amide bonds. The van der Waals surface area contributed by atoms with Crippen molar-refractivity contribution in [1.29, 1.82) is 0 Å². The lowest BCUT2D eigenvalue weighted by molar-refractivity contribution is 0.0924. The number of amides is 1. The fraction of sp³-hybridized carbons (Fsp3) is 0.688. The molecule has 1 aliphatic carbocycles. The molecule has 0 bridgehead atoms. The molecule has 0 unspecified atom stereocenters. The smallest absolute Gasteiger partial charge is 0.262 e. The predicted octanol–water partition coefficient (Wildman–Crippen LogP) is 2.84. The third kappa shape index (κ3) is 3.61. The van der Waals surface area contributed by atoms with Crippen molar-refractivity contribution in [1.82, 2.24) is 9.62 Å². The number of thiophene rings is 1. The average Bonchev–Trinajstić information content (AvgIpc) is 3.21. The normalized spacial score (nSPS) is 26.3. The second-order valence-electron chi connectivity index (χ2n) is 6.66. The molecule has 0 aromatic carbocycles. The van der Waals surface area contributed by atoms with Crippen LogP contribution in [0, 0.1) is 5.92 Å². The fourth-order valence-corrected chi connectivity index (χ4v) is 6.21. The van der Waals surface area contributed by atoms with Crippen molar-refractivity contribution in [2.75, 3.05) is 13.1 Å². The van der Waals surface area contributed by atoms with Crippen LogP contribution in [0.3, 0.4) is 0 Å². The molecule has 1 saturated heterocycles. The summed E-state index contributed by atoms with van der Waals surface area (Å²) in [4.78, 5) is 13.1.